The van der Waals surface area contributed by atoms with Gasteiger partial charge in [-0.25, -0.2) is 4.39 Å². The molecule has 1 aromatic carbocycles. The highest BCUT2D eigenvalue weighted by molar-refractivity contribution is 5.29. The average molecular weight is 248 g/mol. The molecular weight excluding hydrogens is 232 g/mol. The van der Waals surface area contributed by atoms with E-state index < -0.39 is 17.6 Å². The molecule has 4 heteroatoms. The first-order valence-electron chi connectivity index (χ1n) is 5.76. The molecular formula is C13H16F4. The Hall–Kier alpha value is -1.06. The van der Waals surface area contributed by atoms with Crippen molar-refractivity contribution in [2.45, 2.75) is 45.2 Å². The maximum absolute atomic E-state index is 13.1. The summed E-state index contributed by atoms with van der Waals surface area (Å²) in [6.07, 6.45) is -2.14. The molecule has 0 saturated heterocycles. The molecule has 0 heterocycles. The summed E-state index contributed by atoms with van der Waals surface area (Å²) in [6.45, 7) is 3.91. The van der Waals surface area contributed by atoms with Crippen LogP contribution in [0.1, 0.15) is 50.2 Å². The van der Waals surface area contributed by atoms with Gasteiger partial charge in [-0.2, -0.15) is 13.2 Å². The van der Waals surface area contributed by atoms with Crippen molar-refractivity contribution in [1.29, 1.82) is 0 Å². The molecule has 0 aliphatic rings. The third kappa shape index (κ3) is 3.45. The molecule has 1 aromatic rings. The first-order chi connectivity index (χ1) is 7.90. The summed E-state index contributed by atoms with van der Waals surface area (Å²) in [6, 6.07) is 3.31. The molecule has 0 nitrogen and oxygen atoms in total. The van der Waals surface area contributed by atoms with Gasteiger partial charge in [0.25, 0.3) is 0 Å². The van der Waals surface area contributed by atoms with E-state index >= 15 is 0 Å². The van der Waals surface area contributed by atoms with Gasteiger partial charge in [0.05, 0.1) is 5.56 Å². The van der Waals surface area contributed by atoms with Crippen LogP contribution in [-0.2, 0) is 6.18 Å². The zero-order chi connectivity index (χ0) is 13.1. The Balaban J connectivity index is 3.11. The molecule has 0 aliphatic heterocycles. The Morgan fingerprint density at radius 3 is 2.29 bits per heavy atom. The van der Waals surface area contributed by atoms with Crippen molar-refractivity contribution in [3.05, 3.63) is 35.1 Å². The zero-order valence-corrected chi connectivity index (χ0v) is 9.94. The van der Waals surface area contributed by atoms with Gasteiger partial charge in [-0.05, 0) is 36.5 Å². The van der Waals surface area contributed by atoms with Crippen molar-refractivity contribution >= 4 is 0 Å². The highest BCUT2D eigenvalue weighted by Gasteiger charge is 2.34. The van der Waals surface area contributed by atoms with Crippen LogP contribution in [0.2, 0.25) is 0 Å². The van der Waals surface area contributed by atoms with E-state index in [1.165, 1.54) is 6.07 Å². The Bertz CT molecular complexity index is 368. The summed E-state index contributed by atoms with van der Waals surface area (Å²) < 4.78 is 50.7. The van der Waals surface area contributed by atoms with Crippen molar-refractivity contribution in [2.75, 3.05) is 0 Å². The van der Waals surface area contributed by atoms with Crippen molar-refractivity contribution in [2.24, 2.45) is 0 Å². The fourth-order valence-corrected chi connectivity index (χ4v) is 1.97. The molecule has 96 valence electrons. The van der Waals surface area contributed by atoms with Crippen LogP contribution in [0.3, 0.4) is 0 Å². The highest BCUT2D eigenvalue weighted by Crippen LogP contribution is 2.34. The fourth-order valence-electron chi connectivity index (χ4n) is 1.97. The predicted octanol–water partition coefficient (Wildman–Crippen LogP) is 5.14. The monoisotopic (exact) mass is 248 g/mol. The second-order valence-electron chi connectivity index (χ2n) is 4.13. The smallest absolute Gasteiger partial charge is 0.206 e. The lowest BCUT2D eigenvalue weighted by Crippen LogP contribution is -2.10. The maximum Gasteiger partial charge on any atom is 0.419 e. The van der Waals surface area contributed by atoms with E-state index in [9.17, 15) is 17.6 Å². The van der Waals surface area contributed by atoms with Gasteiger partial charge < -0.3 is 0 Å². The summed E-state index contributed by atoms with van der Waals surface area (Å²) in [4.78, 5) is 0. The number of alkyl halides is 3. The third-order valence-electron chi connectivity index (χ3n) is 2.90. The average Bonchev–Trinajstić information content (AvgIpc) is 2.25. The summed E-state index contributed by atoms with van der Waals surface area (Å²) in [5.41, 5.74) is -0.590. The minimum atomic E-state index is -4.62. The SMILES string of the molecule is CCCC(CC)c1ccc(F)c(C(F)(F)F)c1. The highest BCUT2D eigenvalue weighted by atomic mass is 19.4. The van der Waals surface area contributed by atoms with Gasteiger partial charge in [0.1, 0.15) is 5.82 Å². The second kappa shape index (κ2) is 5.52. The predicted molar refractivity (Wildman–Crippen MR) is 59.3 cm³/mol. The van der Waals surface area contributed by atoms with Crippen LogP contribution < -0.4 is 0 Å². The molecule has 1 unspecified atom stereocenters. The lowest BCUT2D eigenvalue weighted by molar-refractivity contribution is -0.140. The Labute approximate surface area is 98.6 Å². The number of benzene rings is 1. The van der Waals surface area contributed by atoms with E-state index in [1.807, 2.05) is 13.8 Å². The van der Waals surface area contributed by atoms with Gasteiger partial charge in [-0.3, -0.25) is 0 Å². The standard InChI is InChI=1S/C13H16F4/c1-3-5-9(4-2)10-6-7-12(14)11(8-10)13(15,16)17/h6-9H,3-5H2,1-2H3. The first-order valence-corrected chi connectivity index (χ1v) is 5.76. The molecule has 0 N–H and O–H groups in total. The number of rotatable bonds is 4. The molecule has 0 fully saturated rings. The number of hydrogen-bond donors (Lipinski definition) is 0. The van der Waals surface area contributed by atoms with Crippen molar-refractivity contribution in [3.8, 4) is 0 Å². The molecule has 1 rings (SSSR count). The summed E-state index contributed by atoms with van der Waals surface area (Å²) >= 11 is 0. The van der Waals surface area contributed by atoms with Crippen LogP contribution in [0.15, 0.2) is 18.2 Å². The molecule has 0 aliphatic carbocycles. The largest absolute Gasteiger partial charge is 0.419 e. The molecule has 0 spiro atoms. The van der Waals surface area contributed by atoms with Gasteiger partial charge in [0.15, 0.2) is 0 Å². The number of halogens is 4. The quantitative estimate of drug-likeness (QED) is 0.647. The second-order valence-corrected chi connectivity index (χ2v) is 4.13. The van der Waals surface area contributed by atoms with Crippen LogP contribution in [0.5, 0.6) is 0 Å². The van der Waals surface area contributed by atoms with E-state index in [1.54, 1.807) is 0 Å². The Morgan fingerprint density at radius 2 is 1.82 bits per heavy atom. The summed E-state index contributed by atoms with van der Waals surface area (Å²) in [7, 11) is 0. The molecule has 0 radical (unpaired) electrons. The first kappa shape index (κ1) is 14.0. The molecule has 0 bridgehead atoms. The lowest BCUT2D eigenvalue weighted by atomic mass is 9.91. The molecule has 0 amide bonds. The fraction of sp³-hybridized carbons (Fsp3) is 0.538. The molecule has 0 saturated carbocycles. The minimum absolute atomic E-state index is 0.0710. The normalized spacial score (nSPS) is 13.8. The van der Waals surface area contributed by atoms with E-state index in [2.05, 4.69) is 0 Å². The maximum atomic E-state index is 13.1. The third-order valence-corrected chi connectivity index (χ3v) is 2.90. The van der Waals surface area contributed by atoms with E-state index in [0.29, 0.717) is 5.56 Å². The van der Waals surface area contributed by atoms with Crippen LogP contribution >= 0.6 is 0 Å². The van der Waals surface area contributed by atoms with Gasteiger partial charge in [0, 0.05) is 0 Å². The van der Waals surface area contributed by atoms with Gasteiger partial charge >= 0.3 is 6.18 Å². The Kier molecular flexibility index (Phi) is 4.54. The van der Waals surface area contributed by atoms with Crippen molar-refractivity contribution < 1.29 is 17.6 Å². The van der Waals surface area contributed by atoms with E-state index in [-0.39, 0.29) is 5.92 Å². The van der Waals surface area contributed by atoms with Crippen molar-refractivity contribution in [3.63, 3.8) is 0 Å². The van der Waals surface area contributed by atoms with Gasteiger partial charge in [0.2, 0.25) is 0 Å². The van der Waals surface area contributed by atoms with Crippen LogP contribution in [0.4, 0.5) is 17.6 Å². The topological polar surface area (TPSA) is 0 Å². The Morgan fingerprint density at radius 1 is 1.18 bits per heavy atom. The molecule has 0 aromatic heterocycles. The van der Waals surface area contributed by atoms with E-state index in [0.717, 1.165) is 31.4 Å². The molecule has 1 atom stereocenters. The van der Waals surface area contributed by atoms with Crippen LogP contribution in [0, 0.1) is 5.82 Å². The minimum Gasteiger partial charge on any atom is -0.206 e. The number of hydrogen-bond acceptors (Lipinski definition) is 0. The van der Waals surface area contributed by atoms with Crippen LogP contribution in [-0.4, -0.2) is 0 Å². The lowest BCUT2D eigenvalue weighted by Gasteiger charge is -2.16. The molecule has 17 heavy (non-hydrogen) atoms. The van der Waals surface area contributed by atoms with Crippen LogP contribution in [0.25, 0.3) is 0 Å². The van der Waals surface area contributed by atoms with Gasteiger partial charge in [-0.1, -0.05) is 26.3 Å². The zero-order valence-electron chi connectivity index (χ0n) is 9.94. The summed E-state index contributed by atoms with van der Waals surface area (Å²) in [5.74, 6) is -1.13. The van der Waals surface area contributed by atoms with Gasteiger partial charge in [-0.15, -0.1) is 0 Å². The summed E-state index contributed by atoms with van der Waals surface area (Å²) in [5, 5.41) is 0. The van der Waals surface area contributed by atoms with Crippen molar-refractivity contribution in [1.82, 2.24) is 0 Å². The van der Waals surface area contributed by atoms with E-state index in [4.69, 9.17) is 0 Å².